The molecule has 108 valence electrons. The van der Waals surface area contributed by atoms with E-state index in [0.717, 1.165) is 17.5 Å². The predicted octanol–water partition coefficient (Wildman–Crippen LogP) is 3.60. The molecular formula is C17H18N2O2. The normalized spacial score (nSPS) is 12.5. The first kappa shape index (κ1) is 13.5. The summed E-state index contributed by atoms with van der Waals surface area (Å²) in [6.07, 6.45) is 0.857. The summed E-state index contributed by atoms with van der Waals surface area (Å²) in [7, 11) is 1.98. The number of anilines is 1. The summed E-state index contributed by atoms with van der Waals surface area (Å²) in [4.78, 5) is 6.54. The fraction of sp³-hybridized carbons (Fsp3) is 0.235. The van der Waals surface area contributed by atoms with Crippen LogP contribution in [-0.4, -0.2) is 23.2 Å². The number of rotatable bonds is 4. The zero-order chi connectivity index (χ0) is 14.8. The molecule has 1 N–H and O–H groups in total. The van der Waals surface area contributed by atoms with Crippen molar-refractivity contribution in [2.75, 3.05) is 11.9 Å². The largest absolute Gasteiger partial charge is 0.508 e. The van der Waals surface area contributed by atoms with Gasteiger partial charge in [-0.2, -0.15) is 4.98 Å². The number of benzene rings is 2. The second-order valence-electron chi connectivity index (χ2n) is 5.29. The Morgan fingerprint density at radius 3 is 2.57 bits per heavy atom. The van der Waals surface area contributed by atoms with Gasteiger partial charge in [0.25, 0.3) is 6.01 Å². The molecule has 2 aromatic carbocycles. The second-order valence-corrected chi connectivity index (χ2v) is 5.29. The number of likely N-dealkylation sites (N-methyl/N-ethyl adjacent to an activating group) is 1. The molecule has 1 unspecified atom stereocenters. The molecule has 3 aromatic rings. The zero-order valence-corrected chi connectivity index (χ0v) is 12.2. The van der Waals surface area contributed by atoms with Gasteiger partial charge in [0.2, 0.25) is 0 Å². The Bertz CT molecular complexity index is 701. The fourth-order valence-electron chi connectivity index (χ4n) is 2.31. The molecule has 0 aliphatic rings. The maximum atomic E-state index is 9.32. The lowest BCUT2D eigenvalue weighted by Crippen LogP contribution is -2.30. The van der Waals surface area contributed by atoms with Gasteiger partial charge >= 0.3 is 0 Å². The molecule has 0 aliphatic carbocycles. The van der Waals surface area contributed by atoms with E-state index in [4.69, 9.17) is 4.42 Å². The monoisotopic (exact) mass is 282 g/mol. The number of phenolic OH excluding ortho intramolecular Hbond substituents is 1. The van der Waals surface area contributed by atoms with Gasteiger partial charge in [0.05, 0.1) is 0 Å². The molecule has 0 radical (unpaired) electrons. The van der Waals surface area contributed by atoms with Gasteiger partial charge in [0.15, 0.2) is 5.58 Å². The molecule has 4 heteroatoms. The standard InChI is InChI=1S/C17H18N2O2/c1-12(11-13-7-9-14(20)10-8-13)19(2)17-18-15-5-3-4-6-16(15)21-17/h3-10,12,20H,11H2,1-2H3. The molecule has 0 fully saturated rings. The summed E-state index contributed by atoms with van der Waals surface area (Å²) in [5, 5.41) is 9.32. The average Bonchev–Trinajstić information content (AvgIpc) is 2.92. The van der Waals surface area contributed by atoms with Crippen molar-refractivity contribution in [1.82, 2.24) is 4.98 Å². The number of hydrogen-bond acceptors (Lipinski definition) is 4. The Labute approximate surface area is 123 Å². The van der Waals surface area contributed by atoms with E-state index in [9.17, 15) is 5.11 Å². The van der Waals surface area contributed by atoms with Crippen LogP contribution in [-0.2, 0) is 6.42 Å². The number of phenols is 1. The summed E-state index contributed by atoms with van der Waals surface area (Å²) in [5.74, 6) is 0.290. The summed E-state index contributed by atoms with van der Waals surface area (Å²) in [5.41, 5.74) is 2.84. The van der Waals surface area contributed by atoms with Crippen LogP contribution in [0.4, 0.5) is 6.01 Å². The van der Waals surface area contributed by atoms with Crippen molar-refractivity contribution in [2.24, 2.45) is 0 Å². The van der Waals surface area contributed by atoms with Crippen LogP contribution in [0, 0.1) is 0 Å². The van der Waals surface area contributed by atoms with Gasteiger partial charge in [-0.3, -0.25) is 0 Å². The van der Waals surface area contributed by atoms with Crippen molar-refractivity contribution in [3.05, 3.63) is 54.1 Å². The molecule has 0 saturated heterocycles. The van der Waals surface area contributed by atoms with E-state index in [1.54, 1.807) is 12.1 Å². The highest BCUT2D eigenvalue weighted by Crippen LogP contribution is 2.23. The minimum absolute atomic E-state index is 0.239. The van der Waals surface area contributed by atoms with Crippen LogP contribution < -0.4 is 4.90 Å². The molecule has 1 atom stereocenters. The molecular weight excluding hydrogens is 264 g/mol. The average molecular weight is 282 g/mol. The van der Waals surface area contributed by atoms with Crippen LogP contribution in [0.5, 0.6) is 5.75 Å². The first-order valence-electron chi connectivity index (χ1n) is 7.00. The van der Waals surface area contributed by atoms with Gasteiger partial charge in [0.1, 0.15) is 11.3 Å². The topological polar surface area (TPSA) is 49.5 Å². The third kappa shape index (κ3) is 2.84. The minimum Gasteiger partial charge on any atom is -0.508 e. The molecule has 1 heterocycles. The lowest BCUT2D eigenvalue weighted by molar-refractivity contribution is 0.475. The van der Waals surface area contributed by atoms with E-state index >= 15 is 0 Å². The first-order valence-corrected chi connectivity index (χ1v) is 7.00. The maximum absolute atomic E-state index is 9.32. The van der Waals surface area contributed by atoms with Gasteiger partial charge in [-0.25, -0.2) is 0 Å². The third-order valence-corrected chi connectivity index (χ3v) is 3.71. The van der Waals surface area contributed by atoms with E-state index in [2.05, 4.69) is 11.9 Å². The van der Waals surface area contributed by atoms with Crippen LogP contribution in [0.3, 0.4) is 0 Å². The third-order valence-electron chi connectivity index (χ3n) is 3.71. The number of aromatic hydroxyl groups is 1. The molecule has 0 amide bonds. The highest BCUT2D eigenvalue weighted by Gasteiger charge is 2.16. The highest BCUT2D eigenvalue weighted by atomic mass is 16.4. The highest BCUT2D eigenvalue weighted by molar-refractivity contribution is 5.74. The van der Waals surface area contributed by atoms with Crippen LogP contribution in [0.1, 0.15) is 12.5 Å². The molecule has 4 nitrogen and oxygen atoms in total. The Hall–Kier alpha value is -2.49. The van der Waals surface area contributed by atoms with Crippen molar-refractivity contribution in [3.63, 3.8) is 0 Å². The van der Waals surface area contributed by atoms with Gasteiger partial charge in [-0.05, 0) is 43.2 Å². The molecule has 3 rings (SSSR count). The Kier molecular flexibility index (Phi) is 3.52. The van der Waals surface area contributed by atoms with Crippen LogP contribution in [0.2, 0.25) is 0 Å². The van der Waals surface area contributed by atoms with E-state index in [-0.39, 0.29) is 6.04 Å². The van der Waals surface area contributed by atoms with Crippen molar-refractivity contribution in [2.45, 2.75) is 19.4 Å². The molecule has 0 aliphatic heterocycles. The van der Waals surface area contributed by atoms with Crippen molar-refractivity contribution < 1.29 is 9.52 Å². The number of aromatic nitrogens is 1. The van der Waals surface area contributed by atoms with E-state index in [0.29, 0.717) is 11.8 Å². The SMILES string of the molecule is CC(Cc1ccc(O)cc1)N(C)c1nc2ccccc2o1. The summed E-state index contributed by atoms with van der Waals surface area (Å²) in [6, 6.07) is 15.9. The first-order chi connectivity index (χ1) is 10.1. The van der Waals surface area contributed by atoms with Crippen molar-refractivity contribution in [1.29, 1.82) is 0 Å². The lowest BCUT2D eigenvalue weighted by atomic mass is 10.1. The van der Waals surface area contributed by atoms with Crippen LogP contribution in [0.15, 0.2) is 52.9 Å². The fourth-order valence-corrected chi connectivity index (χ4v) is 2.31. The number of hydrogen-bond donors (Lipinski definition) is 1. The molecule has 21 heavy (non-hydrogen) atoms. The van der Waals surface area contributed by atoms with Crippen molar-refractivity contribution in [3.8, 4) is 5.75 Å². The smallest absolute Gasteiger partial charge is 0.298 e. The van der Waals surface area contributed by atoms with Gasteiger partial charge in [-0.15, -0.1) is 0 Å². The van der Waals surface area contributed by atoms with E-state index in [1.807, 2.05) is 48.3 Å². The Morgan fingerprint density at radius 1 is 1.14 bits per heavy atom. The molecule has 1 aromatic heterocycles. The predicted molar refractivity (Wildman–Crippen MR) is 83.7 cm³/mol. The Balaban J connectivity index is 1.77. The van der Waals surface area contributed by atoms with Crippen LogP contribution >= 0.6 is 0 Å². The van der Waals surface area contributed by atoms with E-state index in [1.165, 1.54) is 5.56 Å². The molecule has 0 saturated carbocycles. The van der Waals surface area contributed by atoms with Gasteiger partial charge in [-0.1, -0.05) is 24.3 Å². The molecule has 0 spiro atoms. The van der Waals surface area contributed by atoms with Gasteiger partial charge in [0, 0.05) is 13.1 Å². The number of para-hydroxylation sites is 2. The second kappa shape index (κ2) is 5.48. The Morgan fingerprint density at radius 2 is 1.86 bits per heavy atom. The summed E-state index contributed by atoms with van der Waals surface area (Å²) >= 11 is 0. The number of fused-ring (bicyclic) bond motifs is 1. The van der Waals surface area contributed by atoms with Crippen LogP contribution in [0.25, 0.3) is 11.1 Å². The zero-order valence-electron chi connectivity index (χ0n) is 12.2. The van der Waals surface area contributed by atoms with Crippen molar-refractivity contribution >= 4 is 17.1 Å². The minimum atomic E-state index is 0.239. The number of oxazole rings is 1. The lowest BCUT2D eigenvalue weighted by Gasteiger charge is -2.23. The van der Waals surface area contributed by atoms with Gasteiger partial charge < -0.3 is 14.4 Å². The summed E-state index contributed by atoms with van der Waals surface area (Å²) < 4.78 is 5.78. The number of nitrogens with zero attached hydrogens (tertiary/aromatic N) is 2. The quantitative estimate of drug-likeness (QED) is 0.794. The maximum Gasteiger partial charge on any atom is 0.298 e. The molecule has 0 bridgehead atoms. The summed E-state index contributed by atoms with van der Waals surface area (Å²) in [6.45, 7) is 2.13. The van der Waals surface area contributed by atoms with E-state index < -0.39 is 0 Å².